The zero-order chi connectivity index (χ0) is 15.9. The summed E-state index contributed by atoms with van der Waals surface area (Å²) in [6.07, 6.45) is 0. The normalized spacial score (nSPS) is 9.73. The number of amides is 3. The van der Waals surface area contributed by atoms with Gasteiger partial charge in [-0.25, -0.2) is 4.79 Å². The minimum Gasteiger partial charge on any atom is -0.497 e. The summed E-state index contributed by atoms with van der Waals surface area (Å²) in [5.74, 6) is 0.392. The van der Waals surface area contributed by atoms with Crippen molar-refractivity contribution in [2.24, 2.45) is 0 Å². The van der Waals surface area contributed by atoms with Crippen LogP contribution in [-0.4, -0.2) is 26.1 Å². The fourth-order valence-electron chi connectivity index (χ4n) is 1.80. The maximum Gasteiger partial charge on any atom is 0.318 e. The summed E-state index contributed by atoms with van der Waals surface area (Å²) in [6.45, 7) is 0. The molecule has 2 aromatic carbocycles. The second-order valence-electron chi connectivity index (χ2n) is 4.47. The molecule has 0 aliphatic rings. The number of nitrogens with one attached hydrogen (secondary N) is 3. The molecular formula is C16H17N3O3. The lowest BCUT2D eigenvalue weighted by atomic mass is 10.2. The van der Waals surface area contributed by atoms with E-state index in [1.165, 1.54) is 7.05 Å². The first-order valence-electron chi connectivity index (χ1n) is 6.66. The predicted molar refractivity (Wildman–Crippen MR) is 85.5 cm³/mol. The largest absolute Gasteiger partial charge is 0.497 e. The van der Waals surface area contributed by atoms with Gasteiger partial charge in [-0.15, -0.1) is 0 Å². The molecule has 0 atom stereocenters. The molecule has 0 fully saturated rings. The molecule has 0 aromatic heterocycles. The molecule has 3 N–H and O–H groups in total. The molecule has 6 heteroatoms. The molecule has 2 rings (SSSR count). The monoisotopic (exact) mass is 299 g/mol. The molecule has 0 unspecified atom stereocenters. The number of anilines is 2. The Labute approximate surface area is 128 Å². The smallest absolute Gasteiger partial charge is 0.318 e. The molecule has 22 heavy (non-hydrogen) atoms. The van der Waals surface area contributed by atoms with Gasteiger partial charge < -0.3 is 20.7 Å². The quantitative estimate of drug-likeness (QED) is 0.812. The average Bonchev–Trinajstić information content (AvgIpc) is 2.56. The highest BCUT2D eigenvalue weighted by atomic mass is 16.5. The number of ether oxygens (including phenoxy) is 1. The van der Waals surface area contributed by atoms with Crippen molar-refractivity contribution in [3.63, 3.8) is 0 Å². The van der Waals surface area contributed by atoms with Crippen molar-refractivity contribution in [2.75, 3.05) is 24.8 Å². The Morgan fingerprint density at radius 1 is 0.955 bits per heavy atom. The topological polar surface area (TPSA) is 79.5 Å². The third kappa shape index (κ3) is 3.99. The van der Waals surface area contributed by atoms with Crippen LogP contribution in [0, 0.1) is 0 Å². The second-order valence-corrected chi connectivity index (χ2v) is 4.47. The summed E-state index contributed by atoms with van der Waals surface area (Å²) < 4.78 is 5.09. The van der Waals surface area contributed by atoms with Gasteiger partial charge in [-0.05, 0) is 42.5 Å². The highest BCUT2D eigenvalue weighted by molar-refractivity contribution is 6.04. The van der Waals surface area contributed by atoms with E-state index in [2.05, 4.69) is 16.0 Å². The third-order valence-electron chi connectivity index (χ3n) is 2.96. The molecule has 0 spiro atoms. The van der Waals surface area contributed by atoms with Crippen molar-refractivity contribution in [1.82, 2.24) is 5.32 Å². The van der Waals surface area contributed by atoms with E-state index in [9.17, 15) is 9.59 Å². The molecule has 0 aliphatic carbocycles. The van der Waals surface area contributed by atoms with Crippen molar-refractivity contribution >= 4 is 23.3 Å². The van der Waals surface area contributed by atoms with Crippen LogP contribution in [0.5, 0.6) is 5.75 Å². The summed E-state index contributed by atoms with van der Waals surface area (Å²) >= 11 is 0. The van der Waals surface area contributed by atoms with Crippen LogP contribution in [-0.2, 0) is 0 Å². The third-order valence-corrected chi connectivity index (χ3v) is 2.96. The predicted octanol–water partition coefficient (Wildman–Crippen LogP) is 2.70. The van der Waals surface area contributed by atoms with Gasteiger partial charge in [0.05, 0.1) is 7.11 Å². The van der Waals surface area contributed by atoms with Gasteiger partial charge in [0.25, 0.3) is 5.91 Å². The Morgan fingerprint density at radius 3 is 2.18 bits per heavy atom. The Bertz CT molecular complexity index is 669. The van der Waals surface area contributed by atoms with Crippen molar-refractivity contribution < 1.29 is 14.3 Å². The first-order valence-corrected chi connectivity index (χ1v) is 6.66. The van der Waals surface area contributed by atoms with Crippen LogP contribution in [0.1, 0.15) is 10.4 Å². The minimum atomic E-state index is -0.298. The van der Waals surface area contributed by atoms with Gasteiger partial charge in [-0.1, -0.05) is 6.07 Å². The molecule has 2 aromatic rings. The molecule has 0 radical (unpaired) electrons. The van der Waals surface area contributed by atoms with Gasteiger partial charge in [0, 0.05) is 24.0 Å². The molecule has 6 nitrogen and oxygen atoms in total. The van der Waals surface area contributed by atoms with Crippen molar-refractivity contribution in [2.45, 2.75) is 0 Å². The van der Waals surface area contributed by atoms with E-state index in [-0.39, 0.29) is 11.9 Å². The van der Waals surface area contributed by atoms with Crippen molar-refractivity contribution in [3.8, 4) is 5.75 Å². The maximum absolute atomic E-state index is 12.1. The van der Waals surface area contributed by atoms with Crippen LogP contribution in [0.15, 0.2) is 48.5 Å². The van der Waals surface area contributed by atoms with Gasteiger partial charge in [-0.3, -0.25) is 4.79 Å². The van der Waals surface area contributed by atoms with Crippen LogP contribution >= 0.6 is 0 Å². The average molecular weight is 299 g/mol. The summed E-state index contributed by atoms with van der Waals surface area (Å²) in [5.41, 5.74) is 1.78. The fourth-order valence-corrected chi connectivity index (χ4v) is 1.80. The molecule has 0 aliphatic heterocycles. The molecule has 0 saturated heterocycles. The Morgan fingerprint density at radius 2 is 1.59 bits per heavy atom. The lowest BCUT2D eigenvalue weighted by Gasteiger charge is -2.08. The highest BCUT2D eigenvalue weighted by Crippen LogP contribution is 2.17. The Balaban J connectivity index is 2.03. The zero-order valence-electron chi connectivity index (χ0n) is 12.3. The fraction of sp³-hybridized carbons (Fsp3) is 0.125. The molecule has 0 saturated carbocycles. The van der Waals surface area contributed by atoms with E-state index in [0.29, 0.717) is 22.7 Å². The SMILES string of the molecule is CNC(=O)Nc1ccc(NC(=O)c2cccc(OC)c2)cc1. The number of hydrogen-bond donors (Lipinski definition) is 3. The van der Waals surface area contributed by atoms with Crippen LogP contribution in [0.2, 0.25) is 0 Å². The number of urea groups is 1. The van der Waals surface area contributed by atoms with Crippen LogP contribution in [0.4, 0.5) is 16.2 Å². The lowest BCUT2D eigenvalue weighted by Crippen LogP contribution is -2.24. The van der Waals surface area contributed by atoms with Crippen LogP contribution in [0.25, 0.3) is 0 Å². The molecular weight excluding hydrogens is 282 g/mol. The van der Waals surface area contributed by atoms with E-state index in [0.717, 1.165) is 0 Å². The van der Waals surface area contributed by atoms with E-state index >= 15 is 0 Å². The molecule has 3 amide bonds. The van der Waals surface area contributed by atoms with Crippen molar-refractivity contribution in [1.29, 1.82) is 0 Å². The highest BCUT2D eigenvalue weighted by Gasteiger charge is 2.07. The molecule has 0 heterocycles. The first-order chi connectivity index (χ1) is 10.6. The van der Waals surface area contributed by atoms with Crippen LogP contribution in [0.3, 0.4) is 0 Å². The van der Waals surface area contributed by atoms with E-state index < -0.39 is 0 Å². The van der Waals surface area contributed by atoms with E-state index in [4.69, 9.17) is 4.74 Å². The summed E-state index contributed by atoms with van der Waals surface area (Å²) in [6, 6.07) is 13.4. The molecule has 114 valence electrons. The number of rotatable bonds is 4. The first kappa shape index (κ1) is 15.4. The number of methoxy groups -OCH3 is 1. The maximum atomic E-state index is 12.1. The number of hydrogen-bond acceptors (Lipinski definition) is 3. The summed E-state index contributed by atoms with van der Waals surface area (Å²) in [7, 11) is 3.09. The number of carbonyl (C=O) groups is 2. The zero-order valence-corrected chi connectivity index (χ0v) is 12.3. The van der Waals surface area contributed by atoms with Crippen molar-refractivity contribution in [3.05, 3.63) is 54.1 Å². The number of carbonyl (C=O) groups excluding carboxylic acids is 2. The van der Waals surface area contributed by atoms with E-state index in [1.807, 2.05) is 0 Å². The van der Waals surface area contributed by atoms with Crippen LogP contribution < -0.4 is 20.7 Å². The Kier molecular flexibility index (Phi) is 4.98. The lowest BCUT2D eigenvalue weighted by molar-refractivity contribution is 0.102. The van der Waals surface area contributed by atoms with Gasteiger partial charge in [-0.2, -0.15) is 0 Å². The number of benzene rings is 2. The molecule has 0 bridgehead atoms. The van der Waals surface area contributed by atoms with E-state index in [1.54, 1.807) is 55.6 Å². The van der Waals surface area contributed by atoms with Gasteiger partial charge in [0.1, 0.15) is 5.75 Å². The second kappa shape index (κ2) is 7.12. The van der Waals surface area contributed by atoms with Gasteiger partial charge >= 0.3 is 6.03 Å². The van der Waals surface area contributed by atoms with Gasteiger partial charge in [0.15, 0.2) is 0 Å². The Hall–Kier alpha value is -3.02. The minimum absolute atomic E-state index is 0.231. The standard InChI is InChI=1S/C16H17N3O3/c1-17-16(21)19-13-8-6-12(7-9-13)18-15(20)11-4-3-5-14(10-11)22-2/h3-10H,1-2H3,(H,18,20)(H2,17,19,21). The summed E-state index contributed by atoms with van der Waals surface area (Å²) in [5, 5.41) is 7.88. The van der Waals surface area contributed by atoms with Gasteiger partial charge in [0.2, 0.25) is 0 Å². The summed E-state index contributed by atoms with van der Waals surface area (Å²) in [4.78, 5) is 23.3.